The molecule has 0 saturated heterocycles. The maximum absolute atomic E-state index is 12.9. The second-order valence-electron chi connectivity index (χ2n) is 7.91. The smallest absolute Gasteiger partial charge is 0.326 e. The summed E-state index contributed by atoms with van der Waals surface area (Å²) in [4.78, 5) is 12.7. The van der Waals surface area contributed by atoms with Gasteiger partial charge < -0.3 is 10.6 Å². The van der Waals surface area contributed by atoms with Crippen LogP contribution in [0.25, 0.3) is 0 Å². The molecule has 27 heavy (non-hydrogen) atoms. The SMILES string of the molecule is CC(C)(C)c1ccc2c(c1)CNCC2C(=O)Nc1cccc(C(F)(F)F)c1. The molecule has 0 fully saturated rings. The van der Waals surface area contributed by atoms with Crippen LogP contribution in [0.3, 0.4) is 0 Å². The predicted molar refractivity (Wildman–Crippen MR) is 99.7 cm³/mol. The van der Waals surface area contributed by atoms with Crippen LogP contribution in [0.15, 0.2) is 42.5 Å². The molecule has 3 nitrogen and oxygen atoms in total. The Bertz CT molecular complexity index is 853. The maximum atomic E-state index is 12.9. The minimum Gasteiger partial charge on any atom is -0.326 e. The van der Waals surface area contributed by atoms with Gasteiger partial charge in [-0.1, -0.05) is 45.0 Å². The van der Waals surface area contributed by atoms with E-state index in [-0.39, 0.29) is 17.0 Å². The van der Waals surface area contributed by atoms with Gasteiger partial charge in [0.05, 0.1) is 11.5 Å². The van der Waals surface area contributed by atoms with Gasteiger partial charge in [0, 0.05) is 18.8 Å². The van der Waals surface area contributed by atoms with Gasteiger partial charge in [-0.2, -0.15) is 13.2 Å². The average molecular weight is 376 g/mol. The molecular formula is C21H23F3N2O. The van der Waals surface area contributed by atoms with E-state index in [0.717, 1.165) is 23.3 Å². The number of hydrogen-bond donors (Lipinski definition) is 2. The summed E-state index contributed by atoms with van der Waals surface area (Å²) >= 11 is 0. The number of benzene rings is 2. The van der Waals surface area contributed by atoms with Gasteiger partial charge in [-0.15, -0.1) is 0 Å². The molecule has 0 radical (unpaired) electrons. The molecule has 1 aliphatic heterocycles. The highest BCUT2D eigenvalue weighted by Crippen LogP contribution is 2.32. The van der Waals surface area contributed by atoms with E-state index in [0.29, 0.717) is 13.1 Å². The fourth-order valence-corrected chi connectivity index (χ4v) is 3.26. The number of anilines is 1. The van der Waals surface area contributed by atoms with Crippen molar-refractivity contribution in [3.05, 3.63) is 64.7 Å². The van der Waals surface area contributed by atoms with Crippen molar-refractivity contribution < 1.29 is 18.0 Å². The van der Waals surface area contributed by atoms with Gasteiger partial charge in [-0.25, -0.2) is 0 Å². The molecule has 1 unspecified atom stereocenters. The summed E-state index contributed by atoms with van der Waals surface area (Å²) in [5, 5.41) is 5.86. The number of nitrogens with one attached hydrogen (secondary N) is 2. The number of carbonyl (C=O) groups is 1. The molecule has 0 bridgehead atoms. The topological polar surface area (TPSA) is 41.1 Å². The highest BCUT2D eigenvalue weighted by atomic mass is 19.4. The quantitative estimate of drug-likeness (QED) is 0.788. The standard InChI is InChI=1S/C21H23F3N2O/c1-20(2,3)14-7-8-17-13(9-14)11-25-12-18(17)19(27)26-16-6-4-5-15(10-16)21(22,23)24/h4-10,18,25H,11-12H2,1-3H3,(H,26,27). The van der Waals surface area contributed by atoms with Crippen molar-refractivity contribution in [1.29, 1.82) is 0 Å². The first kappa shape index (κ1) is 19.4. The lowest BCUT2D eigenvalue weighted by Gasteiger charge is -2.28. The molecular weight excluding hydrogens is 353 g/mol. The first-order chi connectivity index (χ1) is 12.6. The minimum absolute atomic E-state index is 0.00225. The lowest BCUT2D eigenvalue weighted by atomic mass is 9.82. The van der Waals surface area contributed by atoms with Crippen LogP contribution in [-0.2, 0) is 22.9 Å². The first-order valence-corrected chi connectivity index (χ1v) is 8.88. The molecule has 1 atom stereocenters. The van der Waals surface area contributed by atoms with Gasteiger partial charge in [0.2, 0.25) is 5.91 Å². The molecule has 0 saturated carbocycles. The summed E-state index contributed by atoms with van der Waals surface area (Å²) < 4.78 is 38.6. The number of halogens is 3. The number of fused-ring (bicyclic) bond motifs is 1. The molecule has 0 aromatic heterocycles. The monoisotopic (exact) mass is 376 g/mol. The minimum atomic E-state index is -4.44. The number of hydrogen-bond acceptors (Lipinski definition) is 2. The van der Waals surface area contributed by atoms with Crippen LogP contribution in [0.5, 0.6) is 0 Å². The zero-order valence-corrected chi connectivity index (χ0v) is 15.6. The number of amides is 1. The van der Waals surface area contributed by atoms with Crippen LogP contribution < -0.4 is 10.6 Å². The van der Waals surface area contributed by atoms with Crippen molar-refractivity contribution in [2.45, 2.75) is 44.8 Å². The molecule has 2 aromatic carbocycles. The van der Waals surface area contributed by atoms with Gasteiger partial charge in [0.1, 0.15) is 0 Å². The summed E-state index contributed by atoms with van der Waals surface area (Å²) in [7, 11) is 0. The molecule has 0 aliphatic carbocycles. The van der Waals surface area contributed by atoms with E-state index < -0.39 is 17.7 Å². The third kappa shape index (κ3) is 4.33. The van der Waals surface area contributed by atoms with Crippen LogP contribution in [0.2, 0.25) is 0 Å². The Morgan fingerprint density at radius 3 is 2.48 bits per heavy atom. The van der Waals surface area contributed by atoms with Crippen molar-refractivity contribution in [1.82, 2.24) is 5.32 Å². The van der Waals surface area contributed by atoms with Gasteiger partial charge in [0.25, 0.3) is 0 Å². The summed E-state index contributed by atoms with van der Waals surface area (Å²) in [6, 6.07) is 10.8. The van der Waals surface area contributed by atoms with Crippen LogP contribution in [0, 0.1) is 0 Å². The van der Waals surface area contributed by atoms with Crippen molar-refractivity contribution in [3.8, 4) is 0 Å². The second-order valence-corrected chi connectivity index (χ2v) is 7.91. The molecule has 0 spiro atoms. The normalized spacial score (nSPS) is 17.3. The van der Waals surface area contributed by atoms with Crippen molar-refractivity contribution >= 4 is 11.6 Å². The van der Waals surface area contributed by atoms with E-state index in [4.69, 9.17) is 0 Å². The van der Waals surface area contributed by atoms with Crippen LogP contribution in [0.4, 0.5) is 18.9 Å². The molecule has 144 valence electrons. The van der Waals surface area contributed by atoms with Crippen molar-refractivity contribution in [2.75, 3.05) is 11.9 Å². The number of alkyl halides is 3. The molecule has 3 rings (SSSR count). The lowest BCUT2D eigenvalue weighted by Crippen LogP contribution is -2.35. The molecule has 6 heteroatoms. The maximum Gasteiger partial charge on any atom is 0.416 e. The van der Waals surface area contributed by atoms with Crippen LogP contribution >= 0.6 is 0 Å². The Labute approximate surface area is 157 Å². The van der Waals surface area contributed by atoms with Crippen LogP contribution in [0.1, 0.15) is 48.9 Å². The number of rotatable bonds is 2. The fourth-order valence-electron chi connectivity index (χ4n) is 3.26. The Hall–Kier alpha value is -2.34. The van der Waals surface area contributed by atoms with Crippen molar-refractivity contribution in [2.24, 2.45) is 0 Å². The zero-order valence-electron chi connectivity index (χ0n) is 15.6. The second kappa shape index (κ2) is 7.00. The van der Waals surface area contributed by atoms with E-state index in [1.54, 1.807) is 0 Å². The molecule has 2 aromatic rings. The zero-order chi connectivity index (χ0) is 19.8. The number of carbonyl (C=O) groups excluding carboxylic acids is 1. The van der Waals surface area contributed by atoms with E-state index in [2.05, 4.69) is 37.5 Å². The Morgan fingerprint density at radius 2 is 1.81 bits per heavy atom. The Kier molecular flexibility index (Phi) is 5.04. The van der Waals surface area contributed by atoms with E-state index in [1.165, 1.54) is 17.7 Å². The molecule has 2 N–H and O–H groups in total. The molecule has 1 amide bonds. The van der Waals surface area contributed by atoms with Crippen molar-refractivity contribution in [3.63, 3.8) is 0 Å². The van der Waals surface area contributed by atoms with Crippen LogP contribution in [-0.4, -0.2) is 12.5 Å². The molecule has 1 heterocycles. The van der Waals surface area contributed by atoms with E-state index >= 15 is 0 Å². The van der Waals surface area contributed by atoms with Gasteiger partial charge in [0.15, 0.2) is 0 Å². The Balaban J connectivity index is 1.83. The molecule has 1 aliphatic rings. The summed E-state index contributed by atoms with van der Waals surface area (Å²) in [6.07, 6.45) is -4.44. The average Bonchev–Trinajstić information content (AvgIpc) is 2.59. The third-order valence-corrected chi connectivity index (χ3v) is 4.82. The van der Waals surface area contributed by atoms with Gasteiger partial charge >= 0.3 is 6.18 Å². The summed E-state index contributed by atoms with van der Waals surface area (Å²) in [5.41, 5.74) is 2.53. The van der Waals surface area contributed by atoms with E-state index in [1.807, 2.05) is 12.1 Å². The summed E-state index contributed by atoms with van der Waals surface area (Å²) in [6.45, 7) is 7.51. The van der Waals surface area contributed by atoms with Gasteiger partial charge in [-0.05, 0) is 40.3 Å². The third-order valence-electron chi connectivity index (χ3n) is 4.82. The Morgan fingerprint density at radius 1 is 1.07 bits per heavy atom. The van der Waals surface area contributed by atoms with Gasteiger partial charge in [-0.3, -0.25) is 4.79 Å². The highest BCUT2D eigenvalue weighted by Gasteiger charge is 2.31. The van der Waals surface area contributed by atoms with E-state index in [9.17, 15) is 18.0 Å². The summed E-state index contributed by atoms with van der Waals surface area (Å²) in [5.74, 6) is -0.761. The first-order valence-electron chi connectivity index (χ1n) is 8.88. The largest absolute Gasteiger partial charge is 0.416 e. The lowest BCUT2D eigenvalue weighted by molar-refractivity contribution is -0.137. The predicted octanol–water partition coefficient (Wildman–Crippen LogP) is 4.83. The fraction of sp³-hybridized carbons (Fsp3) is 0.381. The highest BCUT2D eigenvalue weighted by molar-refractivity contribution is 5.96.